The maximum Gasteiger partial charge on any atom is 0.356 e. The number of aromatic nitrogens is 3. The third kappa shape index (κ3) is 1.93. The van der Waals surface area contributed by atoms with E-state index in [0.717, 1.165) is 11.5 Å². The van der Waals surface area contributed by atoms with Gasteiger partial charge in [-0.2, -0.15) is 9.61 Å². The Balaban J connectivity index is 2.70. The summed E-state index contributed by atoms with van der Waals surface area (Å²) >= 11 is 0. The number of esters is 1. The highest BCUT2D eigenvalue weighted by Gasteiger charge is 2.14. The summed E-state index contributed by atoms with van der Waals surface area (Å²) in [6.07, 6.45) is 0. The SMILES string of the molecule is COC(=O)c1cc(N(C)C)n2nc(C)cc2n1. The molecular formula is C11H14N4O2. The molecule has 0 aromatic carbocycles. The number of rotatable bonds is 2. The summed E-state index contributed by atoms with van der Waals surface area (Å²) in [5.74, 6) is 0.331. The van der Waals surface area contributed by atoms with Crippen molar-refractivity contribution in [3.05, 3.63) is 23.5 Å². The molecule has 0 saturated carbocycles. The maximum atomic E-state index is 11.5. The quantitative estimate of drug-likeness (QED) is 0.722. The Bertz CT molecular complexity index is 574. The van der Waals surface area contributed by atoms with E-state index in [4.69, 9.17) is 0 Å². The van der Waals surface area contributed by atoms with Crippen LogP contribution < -0.4 is 4.90 Å². The number of fused-ring (bicyclic) bond motifs is 1. The molecule has 0 N–H and O–H groups in total. The third-order valence-corrected chi connectivity index (χ3v) is 2.38. The zero-order valence-corrected chi connectivity index (χ0v) is 10.3. The summed E-state index contributed by atoms with van der Waals surface area (Å²) in [5.41, 5.74) is 1.76. The van der Waals surface area contributed by atoms with Crippen LogP contribution in [-0.2, 0) is 4.74 Å². The molecule has 0 spiro atoms. The lowest BCUT2D eigenvalue weighted by Gasteiger charge is -2.14. The molecule has 2 aromatic heterocycles. The highest BCUT2D eigenvalue weighted by Crippen LogP contribution is 2.16. The average Bonchev–Trinajstić information content (AvgIpc) is 2.66. The van der Waals surface area contributed by atoms with Crippen LogP contribution in [0.2, 0.25) is 0 Å². The van der Waals surface area contributed by atoms with E-state index in [1.54, 1.807) is 10.6 Å². The molecule has 6 nitrogen and oxygen atoms in total. The van der Waals surface area contributed by atoms with Gasteiger partial charge < -0.3 is 9.64 Å². The third-order valence-electron chi connectivity index (χ3n) is 2.38. The minimum atomic E-state index is -0.450. The first-order chi connectivity index (χ1) is 8.02. The Morgan fingerprint density at radius 2 is 2.12 bits per heavy atom. The van der Waals surface area contributed by atoms with Crippen LogP contribution in [0.25, 0.3) is 5.65 Å². The Hall–Kier alpha value is -2.11. The van der Waals surface area contributed by atoms with Crippen molar-refractivity contribution in [3.63, 3.8) is 0 Å². The van der Waals surface area contributed by atoms with Crippen LogP contribution in [0.15, 0.2) is 12.1 Å². The van der Waals surface area contributed by atoms with Gasteiger partial charge in [-0.1, -0.05) is 0 Å². The number of methoxy groups -OCH3 is 1. The van der Waals surface area contributed by atoms with Crippen LogP contribution >= 0.6 is 0 Å². The molecule has 0 bridgehead atoms. The van der Waals surface area contributed by atoms with Crippen molar-refractivity contribution in [2.45, 2.75) is 6.92 Å². The van der Waals surface area contributed by atoms with Gasteiger partial charge in [0.2, 0.25) is 0 Å². The van der Waals surface area contributed by atoms with E-state index in [2.05, 4.69) is 14.8 Å². The summed E-state index contributed by atoms with van der Waals surface area (Å²) < 4.78 is 6.37. The minimum absolute atomic E-state index is 0.281. The van der Waals surface area contributed by atoms with Gasteiger partial charge in [-0.15, -0.1) is 0 Å². The second-order valence-corrected chi connectivity index (χ2v) is 3.94. The molecule has 0 fully saturated rings. The molecule has 17 heavy (non-hydrogen) atoms. The Morgan fingerprint density at radius 3 is 2.71 bits per heavy atom. The molecule has 0 radical (unpaired) electrons. The predicted molar refractivity (Wildman–Crippen MR) is 63.4 cm³/mol. The molecule has 0 aliphatic rings. The van der Waals surface area contributed by atoms with Crippen molar-refractivity contribution in [3.8, 4) is 0 Å². The summed E-state index contributed by atoms with van der Waals surface area (Å²) in [5, 5.41) is 4.32. The first kappa shape index (κ1) is 11.4. The zero-order valence-electron chi connectivity index (χ0n) is 10.3. The second kappa shape index (κ2) is 4.04. The second-order valence-electron chi connectivity index (χ2n) is 3.94. The monoisotopic (exact) mass is 234 g/mol. The highest BCUT2D eigenvalue weighted by atomic mass is 16.5. The van der Waals surface area contributed by atoms with Gasteiger partial charge in [-0.25, -0.2) is 9.78 Å². The maximum absolute atomic E-state index is 11.5. The number of nitrogens with zero attached hydrogens (tertiary/aromatic N) is 4. The van der Waals surface area contributed by atoms with Crippen LogP contribution in [0.3, 0.4) is 0 Å². The molecule has 90 valence electrons. The lowest BCUT2D eigenvalue weighted by atomic mass is 10.3. The fourth-order valence-electron chi connectivity index (χ4n) is 1.60. The molecule has 6 heteroatoms. The van der Waals surface area contributed by atoms with Gasteiger partial charge in [0.1, 0.15) is 5.82 Å². The summed E-state index contributed by atoms with van der Waals surface area (Å²) in [4.78, 5) is 17.6. The van der Waals surface area contributed by atoms with Crippen molar-refractivity contribution < 1.29 is 9.53 Å². The number of aryl methyl sites for hydroxylation is 1. The Kier molecular flexibility index (Phi) is 2.71. The van der Waals surface area contributed by atoms with E-state index in [9.17, 15) is 4.79 Å². The van der Waals surface area contributed by atoms with E-state index in [0.29, 0.717) is 5.65 Å². The number of ether oxygens (including phenoxy) is 1. The molecule has 0 amide bonds. The first-order valence-electron chi connectivity index (χ1n) is 5.16. The molecule has 2 heterocycles. The minimum Gasteiger partial charge on any atom is -0.464 e. The van der Waals surface area contributed by atoms with E-state index >= 15 is 0 Å². The number of carbonyl (C=O) groups is 1. The van der Waals surface area contributed by atoms with Gasteiger partial charge in [0, 0.05) is 26.2 Å². The summed E-state index contributed by atoms with van der Waals surface area (Å²) in [6, 6.07) is 3.48. The lowest BCUT2D eigenvalue weighted by Crippen LogP contribution is -2.16. The predicted octanol–water partition coefficient (Wildman–Crippen LogP) is 0.890. The van der Waals surface area contributed by atoms with E-state index in [1.165, 1.54) is 7.11 Å². The fraction of sp³-hybridized carbons (Fsp3) is 0.364. The zero-order chi connectivity index (χ0) is 12.6. The molecule has 0 aliphatic carbocycles. The smallest absolute Gasteiger partial charge is 0.356 e. The number of anilines is 1. The molecular weight excluding hydrogens is 220 g/mol. The Morgan fingerprint density at radius 1 is 1.41 bits per heavy atom. The molecule has 2 aromatic rings. The van der Waals surface area contributed by atoms with Crippen LogP contribution in [0.1, 0.15) is 16.2 Å². The normalized spacial score (nSPS) is 10.6. The van der Waals surface area contributed by atoms with Crippen LogP contribution in [0.5, 0.6) is 0 Å². The number of carbonyl (C=O) groups excluding carboxylic acids is 1. The van der Waals surface area contributed by atoms with Gasteiger partial charge in [-0.05, 0) is 6.92 Å². The van der Waals surface area contributed by atoms with Crippen molar-refractivity contribution in [1.82, 2.24) is 14.6 Å². The van der Waals surface area contributed by atoms with Gasteiger partial charge in [0.25, 0.3) is 0 Å². The summed E-state index contributed by atoms with van der Waals surface area (Å²) in [7, 11) is 5.10. The molecule has 0 saturated heterocycles. The largest absolute Gasteiger partial charge is 0.464 e. The van der Waals surface area contributed by atoms with Crippen LogP contribution in [-0.4, -0.2) is 41.8 Å². The van der Waals surface area contributed by atoms with Crippen molar-refractivity contribution in [2.24, 2.45) is 0 Å². The molecule has 0 aliphatic heterocycles. The standard InChI is InChI=1S/C11H14N4O2/c1-7-5-9-12-8(11(16)17-4)6-10(14(2)3)15(9)13-7/h5-6H,1-4H3. The molecule has 2 rings (SSSR count). The van der Waals surface area contributed by atoms with Gasteiger partial charge in [0.15, 0.2) is 11.3 Å². The lowest BCUT2D eigenvalue weighted by molar-refractivity contribution is 0.0594. The number of hydrogen-bond donors (Lipinski definition) is 0. The van der Waals surface area contributed by atoms with E-state index in [1.807, 2.05) is 32.0 Å². The van der Waals surface area contributed by atoms with Crippen LogP contribution in [0, 0.1) is 6.92 Å². The first-order valence-corrected chi connectivity index (χ1v) is 5.16. The van der Waals surface area contributed by atoms with Gasteiger partial charge in [0.05, 0.1) is 12.8 Å². The van der Waals surface area contributed by atoms with E-state index < -0.39 is 5.97 Å². The number of hydrogen-bond acceptors (Lipinski definition) is 5. The van der Waals surface area contributed by atoms with Gasteiger partial charge >= 0.3 is 5.97 Å². The Labute approximate surface area is 98.8 Å². The topological polar surface area (TPSA) is 59.7 Å². The van der Waals surface area contributed by atoms with Crippen molar-refractivity contribution >= 4 is 17.4 Å². The fourth-order valence-corrected chi connectivity index (χ4v) is 1.60. The van der Waals surface area contributed by atoms with E-state index in [-0.39, 0.29) is 5.69 Å². The van der Waals surface area contributed by atoms with Crippen molar-refractivity contribution in [1.29, 1.82) is 0 Å². The van der Waals surface area contributed by atoms with Gasteiger partial charge in [-0.3, -0.25) is 0 Å². The van der Waals surface area contributed by atoms with Crippen LogP contribution in [0.4, 0.5) is 5.82 Å². The molecule has 0 atom stereocenters. The highest BCUT2D eigenvalue weighted by molar-refractivity contribution is 5.88. The van der Waals surface area contributed by atoms with Crippen molar-refractivity contribution in [2.75, 3.05) is 26.1 Å². The summed E-state index contributed by atoms with van der Waals surface area (Å²) in [6.45, 7) is 1.88. The average molecular weight is 234 g/mol. The molecule has 0 unspecified atom stereocenters.